The minimum atomic E-state index is -0.0882. The molecule has 142 valence electrons. The molecule has 0 fully saturated rings. The van der Waals surface area contributed by atoms with E-state index in [1.165, 1.54) is 23.2 Å². The zero-order chi connectivity index (χ0) is 19.3. The summed E-state index contributed by atoms with van der Waals surface area (Å²) in [6.07, 6.45) is 2.33. The lowest BCUT2D eigenvalue weighted by atomic mass is 10.0. The van der Waals surface area contributed by atoms with Gasteiger partial charge in [0.25, 0.3) is 5.91 Å². The number of amides is 1. The summed E-state index contributed by atoms with van der Waals surface area (Å²) in [6.45, 7) is 2.35. The maximum atomic E-state index is 12.4. The topological polar surface area (TPSA) is 32.3 Å². The van der Waals surface area contributed by atoms with E-state index in [0.29, 0.717) is 17.1 Å². The van der Waals surface area contributed by atoms with Crippen molar-refractivity contribution in [3.63, 3.8) is 0 Å². The van der Waals surface area contributed by atoms with Gasteiger partial charge in [-0.2, -0.15) is 0 Å². The number of fused-ring (bicyclic) bond motifs is 1. The van der Waals surface area contributed by atoms with Gasteiger partial charge in [-0.15, -0.1) is 0 Å². The molecule has 0 saturated heterocycles. The first-order valence-electron chi connectivity index (χ1n) is 9.64. The number of rotatable bonds is 5. The first-order valence-corrected chi connectivity index (χ1v) is 10.0. The number of carbonyl (C=O) groups excluding carboxylic acids is 1. The van der Waals surface area contributed by atoms with Gasteiger partial charge in [0.2, 0.25) is 0 Å². The number of aryl methyl sites for hydroxylation is 1. The summed E-state index contributed by atoms with van der Waals surface area (Å²) < 4.78 is 0. The SMILES string of the molecule is O=C(NCc1ccccc1Cl)c1ccc(CN2CCCc3ccccc32)cc1. The van der Waals surface area contributed by atoms with Crippen molar-refractivity contribution in [2.75, 3.05) is 11.4 Å². The molecule has 28 heavy (non-hydrogen) atoms. The molecule has 3 nitrogen and oxygen atoms in total. The number of halogens is 1. The van der Waals surface area contributed by atoms with Crippen molar-refractivity contribution in [3.05, 3.63) is 100 Å². The summed E-state index contributed by atoms with van der Waals surface area (Å²) in [5, 5.41) is 3.60. The molecule has 0 aliphatic carbocycles. The third-order valence-electron chi connectivity index (χ3n) is 5.19. The molecular formula is C24H23ClN2O. The first kappa shape index (κ1) is 18.6. The standard InChI is InChI=1S/C24H23ClN2O/c25-22-9-3-1-7-21(22)16-26-24(28)20-13-11-18(12-14-20)17-27-15-5-8-19-6-2-4-10-23(19)27/h1-4,6-7,9-14H,5,8,15-17H2,(H,26,28). The Morgan fingerprint density at radius 1 is 0.964 bits per heavy atom. The Bertz CT molecular complexity index is 968. The Hall–Kier alpha value is -2.78. The zero-order valence-corrected chi connectivity index (χ0v) is 16.5. The van der Waals surface area contributed by atoms with Crippen LogP contribution in [0.1, 0.15) is 33.5 Å². The fraction of sp³-hybridized carbons (Fsp3) is 0.208. The number of nitrogens with one attached hydrogen (secondary N) is 1. The predicted molar refractivity (Wildman–Crippen MR) is 115 cm³/mol. The van der Waals surface area contributed by atoms with Crippen molar-refractivity contribution in [2.45, 2.75) is 25.9 Å². The largest absolute Gasteiger partial charge is 0.367 e. The van der Waals surface area contributed by atoms with Crippen LogP contribution in [0, 0.1) is 0 Å². The average Bonchev–Trinajstić information content (AvgIpc) is 2.74. The van der Waals surface area contributed by atoms with Crippen LogP contribution in [0.4, 0.5) is 5.69 Å². The zero-order valence-electron chi connectivity index (χ0n) is 15.7. The maximum Gasteiger partial charge on any atom is 0.251 e. The Morgan fingerprint density at radius 2 is 1.71 bits per heavy atom. The highest BCUT2D eigenvalue weighted by Gasteiger charge is 2.16. The van der Waals surface area contributed by atoms with Crippen LogP contribution in [0.2, 0.25) is 5.02 Å². The highest BCUT2D eigenvalue weighted by atomic mass is 35.5. The van der Waals surface area contributed by atoms with Crippen molar-refractivity contribution in [1.82, 2.24) is 5.32 Å². The molecule has 0 aromatic heterocycles. The molecule has 0 atom stereocenters. The summed E-state index contributed by atoms with van der Waals surface area (Å²) in [5.74, 6) is -0.0882. The number of benzene rings is 3. The second-order valence-electron chi connectivity index (χ2n) is 7.12. The summed E-state index contributed by atoms with van der Waals surface area (Å²) >= 11 is 6.15. The highest BCUT2D eigenvalue weighted by molar-refractivity contribution is 6.31. The number of para-hydroxylation sites is 1. The van der Waals surface area contributed by atoms with Gasteiger partial charge >= 0.3 is 0 Å². The number of carbonyl (C=O) groups is 1. The summed E-state index contributed by atoms with van der Waals surface area (Å²) in [6, 6.07) is 24.1. The predicted octanol–water partition coefficient (Wildman–Crippen LogP) is 5.22. The molecular weight excluding hydrogens is 368 g/mol. The first-order chi connectivity index (χ1) is 13.7. The quantitative estimate of drug-likeness (QED) is 0.647. The molecule has 1 aliphatic heterocycles. The van der Waals surface area contributed by atoms with E-state index in [1.54, 1.807) is 0 Å². The summed E-state index contributed by atoms with van der Waals surface area (Å²) in [4.78, 5) is 14.9. The molecule has 4 rings (SSSR count). The van der Waals surface area contributed by atoms with E-state index in [-0.39, 0.29) is 5.91 Å². The van der Waals surface area contributed by atoms with Crippen LogP contribution in [0.3, 0.4) is 0 Å². The minimum absolute atomic E-state index is 0.0882. The molecule has 0 radical (unpaired) electrons. The highest BCUT2D eigenvalue weighted by Crippen LogP contribution is 2.28. The van der Waals surface area contributed by atoms with E-state index in [2.05, 4.69) is 34.5 Å². The molecule has 1 heterocycles. The molecule has 0 unspecified atom stereocenters. The van der Waals surface area contributed by atoms with Gasteiger partial charge in [-0.1, -0.05) is 60.1 Å². The van der Waals surface area contributed by atoms with Crippen LogP contribution in [-0.2, 0) is 19.5 Å². The van der Waals surface area contributed by atoms with Crippen molar-refractivity contribution in [2.24, 2.45) is 0 Å². The number of anilines is 1. The van der Waals surface area contributed by atoms with E-state index in [4.69, 9.17) is 11.6 Å². The molecule has 3 aromatic carbocycles. The average molecular weight is 391 g/mol. The second kappa shape index (κ2) is 8.49. The van der Waals surface area contributed by atoms with Gasteiger partial charge in [0.15, 0.2) is 0 Å². The van der Waals surface area contributed by atoms with Gasteiger partial charge in [-0.25, -0.2) is 0 Å². The van der Waals surface area contributed by atoms with E-state index in [1.807, 2.05) is 48.5 Å². The van der Waals surface area contributed by atoms with E-state index in [9.17, 15) is 4.79 Å². The van der Waals surface area contributed by atoms with Crippen LogP contribution in [0.5, 0.6) is 0 Å². The van der Waals surface area contributed by atoms with Crippen molar-refractivity contribution in [3.8, 4) is 0 Å². The molecule has 1 aliphatic rings. The molecule has 3 aromatic rings. The minimum Gasteiger partial charge on any atom is -0.367 e. The summed E-state index contributed by atoms with van der Waals surface area (Å²) in [7, 11) is 0. The van der Waals surface area contributed by atoms with E-state index in [0.717, 1.165) is 25.1 Å². The Kier molecular flexibility index (Phi) is 5.63. The van der Waals surface area contributed by atoms with Crippen molar-refractivity contribution in [1.29, 1.82) is 0 Å². The number of hydrogen-bond acceptors (Lipinski definition) is 2. The smallest absolute Gasteiger partial charge is 0.251 e. The third-order valence-corrected chi connectivity index (χ3v) is 5.56. The fourth-order valence-corrected chi connectivity index (χ4v) is 3.88. The second-order valence-corrected chi connectivity index (χ2v) is 7.53. The maximum absolute atomic E-state index is 12.4. The van der Waals surface area contributed by atoms with Gasteiger partial charge in [-0.05, 0) is 53.8 Å². The van der Waals surface area contributed by atoms with Crippen molar-refractivity contribution >= 4 is 23.2 Å². The number of nitrogens with zero attached hydrogens (tertiary/aromatic N) is 1. The van der Waals surface area contributed by atoms with Crippen LogP contribution in [-0.4, -0.2) is 12.5 Å². The van der Waals surface area contributed by atoms with Crippen LogP contribution >= 0.6 is 11.6 Å². The van der Waals surface area contributed by atoms with Gasteiger partial charge in [0, 0.05) is 35.9 Å². The van der Waals surface area contributed by atoms with Gasteiger partial charge in [0.1, 0.15) is 0 Å². The third kappa shape index (κ3) is 4.20. The van der Waals surface area contributed by atoms with E-state index < -0.39 is 0 Å². The monoisotopic (exact) mass is 390 g/mol. The molecule has 0 bridgehead atoms. The summed E-state index contributed by atoms with van der Waals surface area (Å²) in [5.41, 5.74) is 5.53. The lowest BCUT2D eigenvalue weighted by Crippen LogP contribution is -2.28. The van der Waals surface area contributed by atoms with Crippen LogP contribution in [0.25, 0.3) is 0 Å². The van der Waals surface area contributed by atoms with E-state index >= 15 is 0 Å². The molecule has 0 saturated carbocycles. The van der Waals surface area contributed by atoms with Gasteiger partial charge < -0.3 is 10.2 Å². The fourth-order valence-electron chi connectivity index (χ4n) is 3.68. The van der Waals surface area contributed by atoms with Gasteiger partial charge in [-0.3, -0.25) is 4.79 Å². The molecule has 0 spiro atoms. The molecule has 1 amide bonds. The lowest BCUT2D eigenvalue weighted by Gasteiger charge is -2.31. The molecule has 4 heteroatoms. The lowest BCUT2D eigenvalue weighted by molar-refractivity contribution is 0.0951. The normalized spacial score (nSPS) is 13.1. The Morgan fingerprint density at radius 3 is 2.54 bits per heavy atom. The number of hydrogen-bond donors (Lipinski definition) is 1. The van der Waals surface area contributed by atoms with Crippen molar-refractivity contribution < 1.29 is 4.79 Å². The van der Waals surface area contributed by atoms with Gasteiger partial charge in [0.05, 0.1) is 0 Å². The van der Waals surface area contributed by atoms with Crippen LogP contribution in [0.15, 0.2) is 72.8 Å². The van der Waals surface area contributed by atoms with Crippen LogP contribution < -0.4 is 10.2 Å². The Labute approximate surface area is 171 Å². The Balaban J connectivity index is 1.39. The molecule has 1 N–H and O–H groups in total.